The topological polar surface area (TPSA) is 43.1 Å². The van der Waals surface area contributed by atoms with Crippen LogP contribution in [0.4, 0.5) is 0 Å². The molecule has 2 N–H and O–H groups in total. The predicted octanol–water partition coefficient (Wildman–Crippen LogP) is 2.46. The minimum Gasteiger partial charge on any atom is -0.324 e. The van der Waals surface area contributed by atoms with Gasteiger partial charge in [-0.2, -0.15) is 0 Å². The van der Waals surface area contributed by atoms with E-state index >= 15 is 0 Å². The first-order valence-corrected chi connectivity index (χ1v) is 7.24. The first kappa shape index (κ1) is 11.8. The van der Waals surface area contributed by atoms with Crippen LogP contribution >= 0.6 is 0 Å². The Bertz CT molecular complexity index is 357. The highest BCUT2D eigenvalue weighted by Gasteiger charge is 2.29. The van der Waals surface area contributed by atoms with Crippen molar-refractivity contribution in [2.24, 2.45) is 5.73 Å². The molecule has 1 aromatic rings. The molecule has 0 radical (unpaired) electrons. The van der Waals surface area contributed by atoms with Gasteiger partial charge in [0, 0.05) is 16.2 Å². The standard InChI is InChI=1S/C13H19NOS/c14-13(9-5-2-6-10-13)11-16(15)12-7-3-1-4-8-12/h1,3-4,7-8H,2,5-6,9-11,14H2. The van der Waals surface area contributed by atoms with Crippen LogP contribution in [0.3, 0.4) is 0 Å². The number of hydrogen-bond acceptors (Lipinski definition) is 2. The minimum atomic E-state index is -0.945. The molecule has 1 aliphatic rings. The number of nitrogens with two attached hydrogens (primary N) is 1. The van der Waals surface area contributed by atoms with E-state index in [0.29, 0.717) is 5.75 Å². The van der Waals surface area contributed by atoms with Gasteiger partial charge in [0.1, 0.15) is 0 Å². The molecule has 1 fully saturated rings. The lowest BCUT2D eigenvalue weighted by Gasteiger charge is -2.32. The number of hydrogen-bond donors (Lipinski definition) is 1. The van der Waals surface area contributed by atoms with Crippen LogP contribution in [0.1, 0.15) is 32.1 Å². The van der Waals surface area contributed by atoms with Gasteiger partial charge >= 0.3 is 0 Å². The van der Waals surface area contributed by atoms with Crippen molar-refractivity contribution in [3.05, 3.63) is 30.3 Å². The molecule has 0 aliphatic heterocycles. The summed E-state index contributed by atoms with van der Waals surface area (Å²) in [4.78, 5) is 0.901. The monoisotopic (exact) mass is 237 g/mol. The molecule has 0 spiro atoms. The summed E-state index contributed by atoms with van der Waals surface area (Å²) >= 11 is 0. The summed E-state index contributed by atoms with van der Waals surface area (Å²) in [7, 11) is -0.945. The second kappa shape index (κ2) is 5.11. The Labute approximate surface area is 99.7 Å². The molecule has 0 bridgehead atoms. The number of rotatable bonds is 3. The first-order valence-electron chi connectivity index (χ1n) is 5.92. The largest absolute Gasteiger partial charge is 0.324 e. The smallest absolute Gasteiger partial charge is 0.0548 e. The highest BCUT2D eigenvalue weighted by atomic mass is 32.2. The quantitative estimate of drug-likeness (QED) is 0.877. The maximum Gasteiger partial charge on any atom is 0.0548 e. The van der Waals surface area contributed by atoms with Gasteiger partial charge in [0.25, 0.3) is 0 Å². The van der Waals surface area contributed by atoms with Gasteiger partial charge in [0.15, 0.2) is 0 Å². The molecule has 2 rings (SSSR count). The Hall–Kier alpha value is -0.670. The second-order valence-electron chi connectivity index (χ2n) is 4.73. The molecule has 1 saturated carbocycles. The molecular weight excluding hydrogens is 218 g/mol. The fourth-order valence-corrected chi connectivity index (χ4v) is 3.76. The van der Waals surface area contributed by atoms with E-state index in [9.17, 15) is 4.21 Å². The van der Waals surface area contributed by atoms with E-state index in [0.717, 1.165) is 17.7 Å². The van der Waals surface area contributed by atoms with Crippen LogP contribution in [0.5, 0.6) is 0 Å². The van der Waals surface area contributed by atoms with Crippen molar-refractivity contribution < 1.29 is 4.21 Å². The molecule has 2 nitrogen and oxygen atoms in total. The van der Waals surface area contributed by atoms with Crippen LogP contribution in [0.25, 0.3) is 0 Å². The van der Waals surface area contributed by atoms with E-state index in [-0.39, 0.29) is 5.54 Å². The lowest BCUT2D eigenvalue weighted by molar-refractivity contribution is 0.326. The Morgan fingerprint density at radius 2 is 1.75 bits per heavy atom. The molecule has 1 unspecified atom stereocenters. The minimum absolute atomic E-state index is 0.195. The maximum absolute atomic E-state index is 12.1. The lowest BCUT2D eigenvalue weighted by Crippen LogP contribution is -2.46. The average Bonchev–Trinajstić information content (AvgIpc) is 2.30. The van der Waals surface area contributed by atoms with Gasteiger partial charge < -0.3 is 5.73 Å². The highest BCUT2D eigenvalue weighted by Crippen LogP contribution is 2.27. The maximum atomic E-state index is 12.1. The van der Waals surface area contributed by atoms with Crippen molar-refractivity contribution in [3.63, 3.8) is 0 Å². The van der Waals surface area contributed by atoms with Crippen LogP contribution in [0.2, 0.25) is 0 Å². The van der Waals surface area contributed by atoms with Crippen molar-refractivity contribution in [2.45, 2.75) is 42.5 Å². The van der Waals surface area contributed by atoms with E-state index in [1.807, 2.05) is 30.3 Å². The summed E-state index contributed by atoms with van der Waals surface area (Å²) in [5.41, 5.74) is 6.11. The van der Waals surface area contributed by atoms with Crippen LogP contribution in [-0.2, 0) is 10.8 Å². The van der Waals surface area contributed by atoms with Gasteiger partial charge in [0.2, 0.25) is 0 Å². The normalized spacial score (nSPS) is 21.6. The van der Waals surface area contributed by atoms with E-state index in [2.05, 4.69) is 0 Å². The van der Waals surface area contributed by atoms with Crippen molar-refractivity contribution >= 4 is 10.8 Å². The third-order valence-corrected chi connectivity index (χ3v) is 4.91. The summed E-state index contributed by atoms with van der Waals surface area (Å²) in [6.45, 7) is 0. The van der Waals surface area contributed by atoms with Gasteiger partial charge in [-0.05, 0) is 25.0 Å². The van der Waals surface area contributed by atoms with E-state index in [1.54, 1.807) is 0 Å². The summed E-state index contributed by atoms with van der Waals surface area (Å²) < 4.78 is 12.1. The molecule has 0 saturated heterocycles. The van der Waals surface area contributed by atoms with Crippen molar-refractivity contribution in [1.82, 2.24) is 0 Å². The molecule has 0 amide bonds. The highest BCUT2D eigenvalue weighted by molar-refractivity contribution is 7.85. The molecule has 88 valence electrons. The molecule has 1 aliphatic carbocycles. The summed E-state index contributed by atoms with van der Waals surface area (Å²) in [6.07, 6.45) is 5.68. The van der Waals surface area contributed by atoms with Gasteiger partial charge in [-0.15, -0.1) is 0 Å². The zero-order valence-electron chi connectivity index (χ0n) is 9.52. The Morgan fingerprint density at radius 1 is 1.12 bits per heavy atom. The second-order valence-corrected chi connectivity index (χ2v) is 6.18. The molecule has 0 heterocycles. The predicted molar refractivity (Wildman–Crippen MR) is 67.7 cm³/mol. The SMILES string of the molecule is NC1(CS(=O)c2ccccc2)CCCCC1. The molecule has 1 aromatic carbocycles. The lowest BCUT2D eigenvalue weighted by atomic mass is 9.84. The van der Waals surface area contributed by atoms with Crippen LogP contribution in [0.15, 0.2) is 35.2 Å². The van der Waals surface area contributed by atoms with Gasteiger partial charge in [-0.25, -0.2) is 0 Å². The fraction of sp³-hybridized carbons (Fsp3) is 0.538. The zero-order chi connectivity index (χ0) is 11.4. The van der Waals surface area contributed by atoms with Crippen molar-refractivity contribution in [3.8, 4) is 0 Å². The molecule has 3 heteroatoms. The first-order chi connectivity index (χ1) is 7.70. The summed E-state index contributed by atoms with van der Waals surface area (Å²) in [5, 5.41) is 0. The fourth-order valence-electron chi connectivity index (χ4n) is 2.32. The Balaban J connectivity index is 2.01. The van der Waals surface area contributed by atoms with Crippen LogP contribution in [0, 0.1) is 0 Å². The zero-order valence-corrected chi connectivity index (χ0v) is 10.3. The molecule has 0 aromatic heterocycles. The third-order valence-electron chi connectivity index (χ3n) is 3.27. The molecular formula is C13H19NOS. The van der Waals surface area contributed by atoms with Crippen molar-refractivity contribution in [1.29, 1.82) is 0 Å². The number of benzene rings is 1. The van der Waals surface area contributed by atoms with Gasteiger partial charge in [-0.3, -0.25) is 4.21 Å². The summed E-state index contributed by atoms with van der Waals surface area (Å²) in [6, 6.07) is 9.64. The van der Waals surface area contributed by atoms with E-state index in [4.69, 9.17) is 5.73 Å². The van der Waals surface area contributed by atoms with E-state index in [1.165, 1.54) is 19.3 Å². The van der Waals surface area contributed by atoms with Crippen LogP contribution < -0.4 is 5.73 Å². The molecule has 16 heavy (non-hydrogen) atoms. The van der Waals surface area contributed by atoms with Gasteiger partial charge in [-0.1, -0.05) is 37.5 Å². The van der Waals surface area contributed by atoms with Gasteiger partial charge in [0.05, 0.1) is 10.8 Å². The van der Waals surface area contributed by atoms with Crippen LogP contribution in [-0.4, -0.2) is 15.5 Å². The summed E-state index contributed by atoms with van der Waals surface area (Å²) in [5.74, 6) is 0.608. The molecule has 1 atom stereocenters. The third kappa shape index (κ3) is 2.92. The average molecular weight is 237 g/mol. The Morgan fingerprint density at radius 3 is 2.38 bits per heavy atom. The Kier molecular flexibility index (Phi) is 3.77. The van der Waals surface area contributed by atoms with Crippen molar-refractivity contribution in [2.75, 3.05) is 5.75 Å². The van der Waals surface area contributed by atoms with E-state index < -0.39 is 10.8 Å².